The van der Waals surface area contributed by atoms with E-state index in [1.165, 1.54) is 12.1 Å². The van der Waals surface area contributed by atoms with Gasteiger partial charge in [-0.25, -0.2) is 0 Å². The first-order chi connectivity index (χ1) is 15.3. The van der Waals surface area contributed by atoms with Gasteiger partial charge in [0.15, 0.2) is 0 Å². The van der Waals surface area contributed by atoms with E-state index in [0.29, 0.717) is 44.9 Å². The average molecular weight is 451 g/mol. The number of hydrogen-bond acceptors (Lipinski definition) is 6. The van der Waals surface area contributed by atoms with Crippen LogP contribution in [0.1, 0.15) is 17.5 Å². The van der Waals surface area contributed by atoms with Gasteiger partial charge >= 0.3 is 6.18 Å². The number of halogens is 3. The van der Waals surface area contributed by atoms with Crippen LogP contribution in [-0.2, 0) is 12.6 Å². The standard InChI is InChI=1S/C23H28F3N3O3/c24-23(25,26)17-2-4-18(5-3-17)29-11-9-28(10-12-29)14-19(30)15-32-20-6-7-21-16(13-20)1-8-22(31)27-21/h2-7,13,19,22,27,30-31H,1,8-12,14-15H2/t19-,22?/m0/s1. The second kappa shape index (κ2) is 9.56. The van der Waals surface area contributed by atoms with Crippen LogP contribution in [0.4, 0.5) is 24.5 Å². The van der Waals surface area contributed by atoms with Crippen molar-refractivity contribution in [3.05, 3.63) is 53.6 Å². The van der Waals surface area contributed by atoms with Gasteiger partial charge in [0.1, 0.15) is 24.7 Å². The Bertz CT molecular complexity index is 900. The first kappa shape index (κ1) is 22.7. The lowest BCUT2D eigenvalue weighted by atomic mass is 10.0. The summed E-state index contributed by atoms with van der Waals surface area (Å²) < 4.78 is 43.9. The molecule has 0 bridgehead atoms. The number of nitrogens with zero attached hydrogens (tertiary/aromatic N) is 2. The monoisotopic (exact) mass is 451 g/mol. The Morgan fingerprint density at radius 1 is 1.06 bits per heavy atom. The predicted molar refractivity (Wildman–Crippen MR) is 116 cm³/mol. The van der Waals surface area contributed by atoms with E-state index in [2.05, 4.69) is 15.1 Å². The molecule has 0 aliphatic carbocycles. The van der Waals surface area contributed by atoms with Crippen molar-refractivity contribution in [1.82, 2.24) is 4.90 Å². The molecule has 4 rings (SSSR count). The van der Waals surface area contributed by atoms with Gasteiger partial charge in [-0.3, -0.25) is 4.90 Å². The number of benzene rings is 2. The zero-order valence-corrected chi connectivity index (χ0v) is 17.7. The fourth-order valence-electron chi connectivity index (χ4n) is 4.14. The Morgan fingerprint density at radius 2 is 1.78 bits per heavy atom. The van der Waals surface area contributed by atoms with Crippen LogP contribution >= 0.6 is 0 Å². The van der Waals surface area contributed by atoms with Crippen molar-refractivity contribution < 1.29 is 28.1 Å². The van der Waals surface area contributed by atoms with Crippen molar-refractivity contribution in [3.63, 3.8) is 0 Å². The van der Waals surface area contributed by atoms with Crippen LogP contribution < -0.4 is 15.0 Å². The fourth-order valence-corrected chi connectivity index (χ4v) is 4.14. The molecule has 2 aromatic carbocycles. The topological polar surface area (TPSA) is 68.2 Å². The lowest BCUT2D eigenvalue weighted by Crippen LogP contribution is -2.49. The number of fused-ring (bicyclic) bond motifs is 1. The SMILES string of the molecule is OC1CCc2cc(OC[C@@H](O)CN3CCN(c4ccc(C(F)(F)F)cc4)CC3)ccc2N1. The van der Waals surface area contributed by atoms with E-state index >= 15 is 0 Å². The molecule has 2 aromatic rings. The first-order valence-electron chi connectivity index (χ1n) is 10.8. The molecule has 1 saturated heterocycles. The number of aryl methyl sites for hydroxylation is 1. The molecule has 0 spiro atoms. The number of rotatable bonds is 6. The highest BCUT2D eigenvalue weighted by atomic mass is 19.4. The van der Waals surface area contributed by atoms with Crippen molar-refractivity contribution in [2.24, 2.45) is 0 Å². The van der Waals surface area contributed by atoms with E-state index in [4.69, 9.17) is 4.74 Å². The molecule has 0 saturated carbocycles. The Balaban J connectivity index is 1.21. The van der Waals surface area contributed by atoms with E-state index in [9.17, 15) is 23.4 Å². The summed E-state index contributed by atoms with van der Waals surface area (Å²) >= 11 is 0. The maximum absolute atomic E-state index is 12.7. The maximum atomic E-state index is 12.7. The van der Waals surface area contributed by atoms with Gasteiger partial charge in [-0.05, 0) is 60.9 Å². The second-order valence-electron chi connectivity index (χ2n) is 8.31. The molecule has 3 N–H and O–H groups in total. The largest absolute Gasteiger partial charge is 0.491 e. The zero-order chi connectivity index (χ0) is 22.7. The second-order valence-corrected chi connectivity index (χ2v) is 8.31. The lowest BCUT2D eigenvalue weighted by molar-refractivity contribution is -0.137. The molecule has 174 valence electrons. The molecule has 0 radical (unpaired) electrons. The van der Waals surface area contributed by atoms with E-state index in [0.717, 1.165) is 35.5 Å². The van der Waals surface area contributed by atoms with Crippen LogP contribution in [0, 0.1) is 0 Å². The quantitative estimate of drug-likeness (QED) is 0.628. The normalized spacial score (nSPS) is 20.4. The first-order valence-corrected chi connectivity index (χ1v) is 10.8. The number of anilines is 2. The summed E-state index contributed by atoms with van der Waals surface area (Å²) in [5.41, 5.74) is 2.12. The van der Waals surface area contributed by atoms with Crippen molar-refractivity contribution in [3.8, 4) is 5.75 Å². The van der Waals surface area contributed by atoms with E-state index < -0.39 is 24.1 Å². The number of aliphatic hydroxyl groups excluding tert-OH is 2. The number of alkyl halides is 3. The number of ether oxygens (including phenoxy) is 1. The fraction of sp³-hybridized carbons (Fsp3) is 0.478. The summed E-state index contributed by atoms with van der Waals surface area (Å²) in [6, 6.07) is 10.9. The summed E-state index contributed by atoms with van der Waals surface area (Å²) in [7, 11) is 0. The minimum absolute atomic E-state index is 0.175. The Hall–Kier alpha value is -2.49. The third-order valence-electron chi connectivity index (χ3n) is 5.93. The van der Waals surface area contributed by atoms with Gasteiger partial charge in [0.25, 0.3) is 0 Å². The molecule has 2 aliphatic heterocycles. The Morgan fingerprint density at radius 3 is 2.47 bits per heavy atom. The van der Waals surface area contributed by atoms with Crippen LogP contribution in [0.15, 0.2) is 42.5 Å². The molecule has 0 amide bonds. The Kier molecular flexibility index (Phi) is 6.78. The zero-order valence-electron chi connectivity index (χ0n) is 17.7. The smallest absolute Gasteiger partial charge is 0.416 e. The molecule has 6 nitrogen and oxygen atoms in total. The van der Waals surface area contributed by atoms with Gasteiger partial charge < -0.3 is 25.2 Å². The maximum Gasteiger partial charge on any atom is 0.416 e. The van der Waals surface area contributed by atoms with Gasteiger partial charge in [-0.2, -0.15) is 13.2 Å². The molecule has 1 fully saturated rings. The highest BCUT2D eigenvalue weighted by Gasteiger charge is 2.30. The minimum atomic E-state index is -4.33. The van der Waals surface area contributed by atoms with E-state index in [-0.39, 0.29) is 6.61 Å². The van der Waals surface area contributed by atoms with Crippen molar-refractivity contribution in [2.75, 3.05) is 49.5 Å². The lowest BCUT2D eigenvalue weighted by Gasteiger charge is -2.37. The minimum Gasteiger partial charge on any atom is -0.491 e. The number of β-amino-alcohol motifs (C(OH)–C–C–N with tert-alkyl or cyclic N) is 1. The molecule has 9 heteroatoms. The molecular weight excluding hydrogens is 423 g/mol. The molecule has 2 atom stereocenters. The third-order valence-corrected chi connectivity index (χ3v) is 5.93. The average Bonchev–Trinajstić information content (AvgIpc) is 2.78. The van der Waals surface area contributed by atoms with Crippen molar-refractivity contribution in [2.45, 2.75) is 31.3 Å². The summed E-state index contributed by atoms with van der Waals surface area (Å²) in [4.78, 5) is 4.18. The van der Waals surface area contributed by atoms with Gasteiger partial charge in [-0.15, -0.1) is 0 Å². The highest BCUT2D eigenvalue weighted by molar-refractivity contribution is 5.56. The van der Waals surface area contributed by atoms with Crippen LogP contribution in [0.25, 0.3) is 0 Å². The van der Waals surface area contributed by atoms with Gasteiger partial charge in [-0.1, -0.05) is 0 Å². The molecule has 32 heavy (non-hydrogen) atoms. The van der Waals surface area contributed by atoms with Crippen molar-refractivity contribution >= 4 is 11.4 Å². The Labute approximate surface area is 185 Å². The van der Waals surface area contributed by atoms with Gasteiger partial charge in [0.2, 0.25) is 0 Å². The predicted octanol–water partition coefficient (Wildman–Crippen LogP) is 2.94. The summed E-state index contributed by atoms with van der Waals surface area (Å²) in [5.74, 6) is 0.688. The molecule has 0 aromatic heterocycles. The number of hydrogen-bond donors (Lipinski definition) is 3. The van der Waals surface area contributed by atoms with Crippen LogP contribution in [0.2, 0.25) is 0 Å². The van der Waals surface area contributed by atoms with Gasteiger partial charge in [0, 0.05) is 44.1 Å². The van der Waals surface area contributed by atoms with E-state index in [1.54, 1.807) is 0 Å². The highest BCUT2D eigenvalue weighted by Crippen LogP contribution is 2.31. The third kappa shape index (κ3) is 5.65. The number of nitrogens with one attached hydrogen (secondary N) is 1. The number of aliphatic hydroxyl groups is 2. The number of piperazine rings is 1. The summed E-state index contributed by atoms with van der Waals surface area (Å²) in [6.07, 6.45) is -4.07. The summed E-state index contributed by atoms with van der Waals surface area (Å²) in [6.45, 7) is 3.44. The molecule has 1 unspecified atom stereocenters. The molecule has 2 heterocycles. The van der Waals surface area contributed by atoms with Crippen LogP contribution in [-0.4, -0.2) is 66.8 Å². The van der Waals surface area contributed by atoms with E-state index in [1.807, 2.05) is 18.2 Å². The molecule has 2 aliphatic rings. The van der Waals surface area contributed by atoms with Gasteiger partial charge in [0.05, 0.1) is 5.56 Å². The van der Waals surface area contributed by atoms with Crippen molar-refractivity contribution in [1.29, 1.82) is 0 Å². The molecular formula is C23H28F3N3O3. The van der Waals surface area contributed by atoms with Crippen LogP contribution in [0.3, 0.4) is 0 Å². The van der Waals surface area contributed by atoms with Crippen LogP contribution in [0.5, 0.6) is 5.75 Å². The summed E-state index contributed by atoms with van der Waals surface area (Å²) in [5, 5.41) is 23.1.